The third-order valence-electron chi connectivity index (χ3n) is 2.54. The van der Waals surface area contributed by atoms with Crippen LogP contribution in [0.5, 0.6) is 0 Å². The van der Waals surface area contributed by atoms with E-state index in [4.69, 9.17) is 0 Å². The smallest absolute Gasteiger partial charge is 0.305 e. The number of hydrogen-bond acceptors (Lipinski definition) is 2. The van der Waals surface area contributed by atoms with Gasteiger partial charge in [0.05, 0.1) is 7.11 Å². The van der Waals surface area contributed by atoms with Gasteiger partial charge in [0.1, 0.15) is 0 Å². The van der Waals surface area contributed by atoms with Gasteiger partial charge in [-0.1, -0.05) is 52.4 Å². The molecule has 1 atom stereocenters. The van der Waals surface area contributed by atoms with Gasteiger partial charge in [0.25, 0.3) is 0 Å². The molecule has 0 unspecified atom stereocenters. The highest BCUT2D eigenvalue weighted by Crippen LogP contribution is 2.14. The molecule has 0 rings (SSSR count). The molecule has 2 nitrogen and oxygen atoms in total. The standard InChI is InChI=1S/C12H24O2/c1-4-5-6-7-8-9-11(2)10-12(13)14-3/h11H,4-10H2,1-3H3/t11-/m1/s1. The number of hydrogen-bond donors (Lipinski definition) is 0. The van der Waals surface area contributed by atoms with Crippen molar-refractivity contribution in [2.24, 2.45) is 5.92 Å². The van der Waals surface area contributed by atoms with Crippen molar-refractivity contribution in [2.45, 2.75) is 58.8 Å². The first kappa shape index (κ1) is 13.5. The van der Waals surface area contributed by atoms with Gasteiger partial charge in [0, 0.05) is 6.42 Å². The quantitative estimate of drug-likeness (QED) is 0.442. The van der Waals surface area contributed by atoms with Crippen LogP contribution < -0.4 is 0 Å². The van der Waals surface area contributed by atoms with Crippen LogP contribution in [0.15, 0.2) is 0 Å². The van der Waals surface area contributed by atoms with E-state index in [0.29, 0.717) is 12.3 Å². The maximum atomic E-state index is 10.9. The summed E-state index contributed by atoms with van der Waals surface area (Å²) in [6, 6.07) is 0. The predicted molar refractivity (Wildman–Crippen MR) is 59.2 cm³/mol. The molecule has 0 amide bonds. The van der Waals surface area contributed by atoms with E-state index in [1.165, 1.54) is 39.2 Å². The normalized spacial score (nSPS) is 12.5. The fourth-order valence-corrected chi connectivity index (χ4v) is 1.57. The summed E-state index contributed by atoms with van der Waals surface area (Å²) in [4.78, 5) is 10.9. The first-order valence-corrected chi connectivity index (χ1v) is 5.77. The Balaban J connectivity index is 3.26. The van der Waals surface area contributed by atoms with E-state index in [9.17, 15) is 4.79 Å². The average molecular weight is 200 g/mol. The Hall–Kier alpha value is -0.530. The van der Waals surface area contributed by atoms with Crippen molar-refractivity contribution in [3.8, 4) is 0 Å². The number of esters is 1. The highest BCUT2D eigenvalue weighted by atomic mass is 16.5. The maximum absolute atomic E-state index is 10.9. The van der Waals surface area contributed by atoms with E-state index in [1.807, 2.05) is 0 Å². The lowest BCUT2D eigenvalue weighted by Gasteiger charge is -2.09. The monoisotopic (exact) mass is 200 g/mol. The third-order valence-corrected chi connectivity index (χ3v) is 2.54. The SMILES string of the molecule is CCCCCCC[C@@H](C)CC(=O)OC. The molecule has 0 heterocycles. The molecule has 0 aliphatic heterocycles. The summed E-state index contributed by atoms with van der Waals surface area (Å²) in [5.74, 6) is 0.398. The molecule has 0 aromatic heterocycles. The third kappa shape index (κ3) is 8.09. The summed E-state index contributed by atoms with van der Waals surface area (Å²) in [5.41, 5.74) is 0. The largest absolute Gasteiger partial charge is 0.469 e. The fourth-order valence-electron chi connectivity index (χ4n) is 1.57. The minimum absolute atomic E-state index is 0.0777. The number of unbranched alkanes of at least 4 members (excludes halogenated alkanes) is 4. The number of rotatable bonds is 8. The second kappa shape index (κ2) is 9.04. The first-order chi connectivity index (χ1) is 6.70. The van der Waals surface area contributed by atoms with Gasteiger partial charge >= 0.3 is 5.97 Å². The van der Waals surface area contributed by atoms with Crippen molar-refractivity contribution >= 4 is 5.97 Å². The van der Waals surface area contributed by atoms with Crippen molar-refractivity contribution in [3.05, 3.63) is 0 Å². The molecule has 0 saturated heterocycles. The average Bonchev–Trinajstić information content (AvgIpc) is 2.17. The molecule has 0 aliphatic rings. The molecule has 0 aliphatic carbocycles. The molecule has 2 heteroatoms. The number of carbonyl (C=O) groups excluding carboxylic acids is 1. The first-order valence-electron chi connectivity index (χ1n) is 5.77. The zero-order valence-corrected chi connectivity index (χ0v) is 9.84. The Labute approximate surface area is 88.0 Å². The molecule has 0 spiro atoms. The summed E-state index contributed by atoms with van der Waals surface area (Å²) in [5, 5.41) is 0. The van der Waals surface area contributed by atoms with Crippen molar-refractivity contribution < 1.29 is 9.53 Å². The molecule has 0 bridgehead atoms. The van der Waals surface area contributed by atoms with Crippen molar-refractivity contribution in [3.63, 3.8) is 0 Å². The van der Waals surface area contributed by atoms with E-state index in [0.717, 1.165) is 6.42 Å². The van der Waals surface area contributed by atoms with Crippen molar-refractivity contribution in [1.82, 2.24) is 0 Å². The molecule has 0 aromatic rings. The highest BCUT2D eigenvalue weighted by Gasteiger charge is 2.08. The number of ether oxygens (including phenoxy) is 1. The van der Waals surface area contributed by atoms with E-state index in [1.54, 1.807) is 0 Å². The van der Waals surface area contributed by atoms with Crippen molar-refractivity contribution in [2.75, 3.05) is 7.11 Å². The highest BCUT2D eigenvalue weighted by molar-refractivity contribution is 5.69. The Kier molecular flexibility index (Phi) is 8.70. The van der Waals surface area contributed by atoms with Crippen LogP contribution in [-0.2, 0) is 9.53 Å². The number of methoxy groups -OCH3 is 1. The van der Waals surface area contributed by atoms with Crippen LogP contribution >= 0.6 is 0 Å². The van der Waals surface area contributed by atoms with Crippen LogP contribution in [0.4, 0.5) is 0 Å². The van der Waals surface area contributed by atoms with Crippen LogP contribution in [0.2, 0.25) is 0 Å². The topological polar surface area (TPSA) is 26.3 Å². The molecule has 84 valence electrons. The van der Waals surface area contributed by atoms with Gasteiger partial charge in [-0.3, -0.25) is 4.79 Å². The second-order valence-electron chi connectivity index (χ2n) is 4.09. The lowest BCUT2D eigenvalue weighted by Crippen LogP contribution is -2.06. The summed E-state index contributed by atoms with van der Waals surface area (Å²) in [6.45, 7) is 4.34. The molecule has 0 radical (unpaired) electrons. The van der Waals surface area contributed by atoms with E-state index >= 15 is 0 Å². The van der Waals surface area contributed by atoms with Gasteiger partial charge < -0.3 is 4.74 Å². The van der Waals surface area contributed by atoms with E-state index in [2.05, 4.69) is 18.6 Å². The van der Waals surface area contributed by atoms with Crippen LogP contribution in [0.3, 0.4) is 0 Å². The lowest BCUT2D eigenvalue weighted by molar-refractivity contribution is -0.141. The Bertz CT molecular complexity index is 143. The summed E-state index contributed by atoms with van der Waals surface area (Å²) >= 11 is 0. The lowest BCUT2D eigenvalue weighted by atomic mass is 9.99. The molecular formula is C12H24O2. The van der Waals surface area contributed by atoms with Crippen LogP contribution in [0, 0.1) is 5.92 Å². The molecule has 0 aromatic carbocycles. The van der Waals surface area contributed by atoms with E-state index in [-0.39, 0.29) is 5.97 Å². The van der Waals surface area contributed by atoms with Crippen LogP contribution in [0.1, 0.15) is 58.8 Å². The fraction of sp³-hybridized carbons (Fsp3) is 0.917. The zero-order valence-electron chi connectivity index (χ0n) is 9.84. The molecule has 0 fully saturated rings. The van der Waals surface area contributed by atoms with Gasteiger partial charge in [-0.15, -0.1) is 0 Å². The Morgan fingerprint density at radius 2 is 1.86 bits per heavy atom. The van der Waals surface area contributed by atoms with Gasteiger partial charge in [0.15, 0.2) is 0 Å². The zero-order chi connectivity index (χ0) is 10.8. The summed E-state index contributed by atoms with van der Waals surface area (Å²) < 4.78 is 4.63. The Morgan fingerprint density at radius 1 is 1.21 bits per heavy atom. The second-order valence-corrected chi connectivity index (χ2v) is 4.09. The maximum Gasteiger partial charge on any atom is 0.305 e. The molecule has 0 N–H and O–H groups in total. The van der Waals surface area contributed by atoms with Crippen LogP contribution in [-0.4, -0.2) is 13.1 Å². The van der Waals surface area contributed by atoms with Crippen LogP contribution in [0.25, 0.3) is 0 Å². The Morgan fingerprint density at radius 3 is 2.43 bits per heavy atom. The molecular weight excluding hydrogens is 176 g/mol. The van der Waals surface area contributed by atoms with E-state index < -0.39 is 0 Å². The summed E-state index contributed by atoms with van der Waals surface area (Å²) in [6.07, 6.45) is 8.24. The minimum Gasteiger partial charge on any atom is -0.469 e. The molecule has 14 heavy (non-hydrogen) atoms. The van der Waals surface area contributed by atoms with Gasteiger partial charge in [-0.2, -0.15) is 0 Å². The predicted octanol–water partition coefficient (Wildman–Crippen LogP) is 3.55. The van der Waals surface area contributed by atoms with Gasteiger partial charge in [-0.25, -0.2) is 0 Å². The van der Waals surface area contributed by atoms with Crippen molar-refractivity contribution in [1.29, 1.82) is 0 Å². The minimum atomic E-state index is -0.0777. The molecule has 0 saturated carbocycles. The summed E-state index contributed by atoms with van der Waals surface area (Å²) in [7, 11) is 1.45. The number of carbonyl (C=O) groups is 1. The van der Waals surface area contributed by atoms with Gasteiger partial charge in [0.2, 0.25) is 0 Å². The van der Waals surface area contributed by atoms with Gasteiger partial charge in [-0.05, 0) is 5.92 Å².